The molecule has 4 heteroatoms. The van der Waals surface area contributed by atoms with Gasteiger partial charge in [0.25, 0.3) is 0 Å². The zero-order valence-electron chi connectivity index (χ0n) is 12.3. The van der Waals surface area contributed by atoms with Gasteiger partial charge in [-0.25, -0.2) is 0 Å². The Bertz CT molecular complexity index is 467. The summed E-state index contributed by atoms with van der Waals surface area (Å²) in [6, 6.07) is 8.23. The van der Waals surface area contributed by atoms with E-state index in [1.807, 2.05) is 12.1 Å². The number of aliphatic carboxylic acids is 1. The van der Waals surface area contributed by atoms with Gasteiger partial charge in [-0.3, -0.25) is 4.79 Å². The second-order valence-corrected chi connectivity index (χ2v) is 5.55. The van der Waals surface area contributed by atoms with Gasteiger partial charge in [-0.1, -0.05) is 12.1 Å². The highest BCUT2D eigenvalue weighted by Gasteiger charge is 2.41. The molecule has 0 amide bonds. The molecule has 110 valence electrons. The number of carboxylic acids is 1. The summed E-state index contributed by atoms with van der Waals surface area (Å²) in [4.78, 5) is 13.9. The smallest absolute Gasteiger partial charge is 0.311 e. The van der Waals surface area contributed by atoms with Gasteiger partial charge < -0.3 is 14.7 Å². The van der Waals surface area contributed by atoms with Crippen LogP contribution in [0.25, 0.3) is 0 Å². The SMILES string of the molecule is CCN(CC1(C(=O)O)CCOCC1)c1cccc(C)c1. The molecule has 1 aromatic carbocycles. The average Bonchev–Trinajstić information content (AvgIpc) is 2.45. The summed E-state index contributed by atoms with van der Waals surface area (Å²) in [5.41, 5.74) is 1.61. The normalized spacial score (nSPS) is 17.7. The molecule has 1 fully saturated rings. The van der Waals surface area contributed by atoms with Crippen molar-refractivity contribution in [2.75, 3.05) is 31.2 Å². The van der Waals surface area contributed by atoms with E-state index in [9.17, 15) is 9.90 Å². The lowest BCUT2D eigenvalue weighted by Gasteiger charge is -2.38. The van der Waals surface area contributed by atoms with Crippen LogP contribution in [-0.2, 0) is 9.53 Å². The summed E-state index contributed by atoms with van der Waals surface area (Å²) in [6.07, 6.45) is 1.18. The molecule has 0 unspecified atom stereocenters. The van der Waals surface area contributed by atoms with E-state index in [4.69, 9.17) is 4.74 Å². The first kappa shape index (κ1) is 14.9. The molecule has 4 nitrogen and oxygen atoms in total. The van der Waals surface area contributed by atoms with Crippen LogP contribution in [0.1, 0.15) is 25.3 Å². The van der Waals surface area contributed by atoms with Crippen LogP contribution in [0.5, 0.6) is 0 Å². The van der Waals surface area contributed by atoms with Crippen LogP contribution < -0.4 is 4.90 Å². The van der Waals surface area contributed by atoms with Gasteiger partial charge in [0, 0.05) is 32.0 Å². The monoisotopic (exact) mass is 277 g/mol. The Hall–Kier alpha value is -1.55. The average molecular weight is 277 g/mol. The minimum absolute atomic E-state index is 0.539. The summed E-state index contributed by atoms with van der Waals surface area (Å²) in [5, 5.41) is 9.65. The standard InChI is InChI=1S/C16H23NO3/c1-3-17(14-6-4-5-13(2)11-14)12-16(15(18)19)7-9-20-10-8-16/h4-6,11H,3,7-10,12H2,1-2H3,(H,18,19). The van der Waals surface area contributed by atoms with Crippen LogP contribution in [0.4, 0.5) is 5.69 Å². The van der Waals surface area contributed by atoms with Gasteiger partial charge in [-0.2, -0.15) is 0 Å². The van der Waals surface area contributed by atoms with Gasteiger partial charge in [0.05, 0.1) is 5.41 Å². The number of carboxylic acid groups (broad SMARTS) is 1. The van der Waals surface area contributed by atoms with Crippen LogP contribution in [0.15, 0.2) is 24.3 Å². The molecule has 1 saturated heterocycles. The number of hydrogen-bond acceptors (Lipinski definition) is 3. The predicted octanol–water partition coefficient (Wildman–Crippen LogP) is 2.70. The van der Waals surface area contributed by atoms with Crippen molar-refractivity contribution in [3.05, 3.63) is 29.8 Å². The quantitative estimate of drug-likeness (QED) is 0.899. The van der Waals surface area contributed by atoms with E-state index in [2.05, 4.69) is 30.9 Å². The van der Waals surface area contributed by atoms with Crippen molar-refractivity contribution < 1.29 is 14.6 Å². The van der Waals surface area contributed by atoms with Crippen molar-refractivity contribution in [3.8, 4) is 0 Å². The Morgan fingerprint density at radius 2 is 2.10 bits per heavy atom. The molecular formula is C16H23NO3. The van der Waals surface area contributed by atoms with Gasteiger partial charge in [0.2, 0.25) is 0 Å². The van der Waals surface area contributed by atoms with E-state index in [-0.39, 0.29) is 0 Å². The van der Waals surface area contributed by atoms with Gasteiger partial charge in [-0.05, 0) is 44.4 Å². The molecule has 0 aliphatic carbocycles. The van der Waals surface area contributed by atoms with E-state index in [1.165, 1.54) is 5.56 Å². The van der Waals surface area contributed by atoms with Crippen molar-refractivity contribution in [2.24, 2.45) is 5.41 Å². The van der Waals surface area contributed by atoms with Crippen LogP contribution >= 0.6 is 0 Å². The largest absolute Gasteiger partial charge is 0.481 e. The maximum atomic E-state index is 11.7. The van der Waals surface area contributed by atoms with Crippen molar-refractivity contribution >= 4 is 11.7 Å². The van der Waals surface area contributed by atoms with E-state index in [0.717, 1.165) is 12.2 Å². The number of aryl methyl sites for hydroxylation is 1. The number of hydrogen-bond donors (Lipinski definition) is 1. The minimum Gasteiger partial charge on any atom is -0.481 e. The fraction of sp³-hybridized carbons (Fsp3) is 0.562. The molecule has 0 saturated carbocycles. The maximum absolute atomic E-state index is 11.7. The second kappa shape index (κ2) is 6.27. The van der Waals surface area contributed by atoms with Gasteiger partial charge >= 0.3 is 5.97 Å². The lowest BCUT2D eigenvalue weighted by atomic mass is 9.79. The number of carbonyl (C=O) groups is 1. The number of anilines is 1. The molecule has 2 rings (SSSR count). The molecule has 1 aromatic rings. The zero-order valence-corrected chi connectivity index (χ0v) is 12.3. The van der Waals surface area contributed by atoms with Crippen LogP contribution in [0.3, 0.4) is 0 Å². The summed E-state index contributed by atoms with van der Waals surface area (Å²) in [6.45, 7) is 6.55. The third kappa shape index (κ3) is 3.12. The van der Waals surface area contributed by atoms with Crippen molar-refractivity contribution in [3.63, 3.8) is 0 Å². The summed E-state index contributed by atoms with van der Waals surface area (Å²) in [5.74, 6) is -0.702. The molecule has 0 radical (unpaired) electrons. The van der Waals surface area contributed by atoms with Crippen LogP contribution in [0, 0.1) is 12.3 Å². The first-order valence-corrected chi connectivity index (χ1v) is 7.20. The van der Waals surface area contributed by atoms with E-state index >= 15 is 0 Å². The Balaban J connectivity index is 2.21. The number of rotatable bonds is 5. The Labute approximate surface area is 120 Å². The first-order valence-electron chi connectivity index (χ1n) is 7.20. The molecule has 1 heterocycles. The Kier molecular flexibility index (Phi) is 4.65. The van der Waals surface area contributed by atoms with Crippen molar-refractivity contribution in [1.82, 2.24) is 0 Å². The maximum Gasteiger partial charge on any atom is 0.311 e. The number of benzene rings is 1. The van der Waals surface area contributed by atoms with Gasteiger partial charge in [-0.15, -0.1) is 0 Å². The Morgan fingerprint density at radius 3 is 2.65 bits per heavy atom. The third-order valence-corrected chi connectivity index (χ3v) is 4.15. The molecule has 1 aliphatic rings. The molecule has 1 aliphatic heterocycles. The molecule has 1 N–H and O–H groups in total. The molecular weight excluding hydrogens is 254 g/mol. The molecule has 0 spiro atoms. The van der Waals surface area contributed by atoms with Gasteiger partial charge in [0.1, 0.15) is 0 Å². The van der Waals surface area contributed by atoms with Crippen molar-refractivity contribution in [1.29, 1.82) is 0 Å². The van der Waals surface area contributed by atoms with Gasteiger partial charge in [0.15, 0.2) is 0 Å². The highest BCUT2D eigenvalue weighted by Crippen LogP contribution is 2.33. The topological polar surface area (TPSA) is 49.8 Å². The highest BCUT2D eigenvalue weighted by atomic mass is 16.5. The molecule has 20 heavy (non-hydrogen) atoms. The van der Waals surface area contributed by atoms with Crippen LogP contribution in [-0.4, -0.2) is 37.4 Å². The van der Waals surface area contributed by atoms with Crippen molar-refractivity contribution in [2.45, 2.75) is 26.7 Å². The fourth-order valence-corrected chi connectivity index (χ4v) is 2.78. The molecule has 0 aromatic heterocycles. The molecule has 0 atom stereocenters. The zero-order chi connectivity index (χ0) is 14.6. The minimum atomic E-state index is -0.702. The van der Waals surface area contributed by atoms with E-state index in [0.29, 0.717) is 32.6 Å². The van der Waals surface area contributed by atoms with E-state index < -0.39 is 11.4 Å². The third-order valence-electron chi connectivity index (χ3n) is 4.15. The molecule has 0 bridgehead atoms. The number of ether oxygens (including phenoxy) is 1. The van der Waals surface area contributed by atoms with Crippen LogP contribution in [0.2, 0.25) is 0 Å². The highest BCUT2D eigenvalue weighted by molar-refractivity contribution is 5.76. The first-order chi connectivity index (χ1) is 9.57. The van der Waals surface area contributed by atoms with E-state index in [1.54, 1.807) is 0 Å². The lowest BCUT2D eigenvalue weighted by Crippen LogP contribution is -2.46. The predicted molar refractivity (Wildman–Crippen MR) is 79.2 cm³/mol. The Morgan fingerprint density at radius 1 is 1.40 bits per heavy atom. The summed E-state index contributed by atoms with van der Waals surface area (Å²) < 4.78 is 5.33. The lowest BCUT2D eigenvalue weighted by molar-refractivity contribution is -0.154. The fourth-order valence-electron chi connectivity index (χ4n) is 2.78. The summed E-state index contributed by atoms with van der Waals surface area (Å²) >= 11 is 0. The summed E-state index contributed by atoms with van der Waals surface area (Å²) in [7, 11) is 0. The second-order valence-electron chi connectivity index (χ2n) is 5.55. The number of nitrogens with zero attached hydrogens (tertiary/aromatic N) is 1.